The Morgan fingerprint density at radius 3 is 1.85 bits per heavy atom. The van der Waals surface area contributed by atoms with Crippen LogP contribution >= 0.6 is 0 Å². The summed E-state index contributed by atoms with van der Waals surface area (Å²) in [4.78, 5) is 38.8. The maximum Gasteiger partial charge on any atom is 0.303 e. The second-order valence-corrected chi connectivity index (χ2v) is 14.6. The molecule has 55 heavy (non-hydrogen) atoms. The molecule has 0 spiro atoms. The normalized spacial score (nSPS) is 16.4. The highest BCUT2D eigenvalue weighted by molar-refractivity contribution is 6.50. The van der Waals surface area contributed by atoms with E-state index >= 15 is 0 Å². The Balaban J connectivity index is 0.000000250. The number of imide groups is 1. The van der Waals surface area contributed by atoms with Gasteiger partial charge in [0.2, 0.25) is 0 Å². The number of aromatic nitrogens is 2. The average Bonchev–Trinajstić information content (AvgIpc) is 3.81. The highest BCUT2D eigenvalue weighted by atomic mass is 16.5. The van der Waals surface area contributed by atoms with E-state index < -0.39 is 5.97 Å². The van der Waals surface area contributed by atoms with E-state index in [1.807, 2.05) is 48.8 Å². The van der Waals surface area contributed by atoms with E-state index in [4.69, 9.17) is 9.84 Å². The number of benzene rings is 2. The number of carboxylic acid groups (broad SMARTS) is 1. The van der Waals surface area contributed by atoms with E-state index in [-0.39, 0.29) is 17.9 Å². The first kappa shape index (κ1) is 41.2. The first-order valence-corrected chi connectivity index (χ1v) is 20.0. The Bertz CT molecular complexity index is 2030. The molecule has 0 radical (unpaired) electrons. The maximum atomic E-state index is 13.2. The van der Waals surface area contributed by atoms with Gasteiger partial charge in [0.25, 0.3) is 11.8 Å². The van der Waals surface area contributed by atoms with Crippen molar-refractivity contribution >= 4 is 50.7 Å². The number of unbranched alkanes of at least 4 members (excludes halogenated alkanes) is 5. The number of ether oxygens (including phenoxy) is 1. The summed E-state index contributed by atoms with van der Waals surface area (Å²) in [6.07, 6.45) is 28.3. The summed E-state index contributed by atoms with van der Waals surface area (Å²) in [5.74, 6) is -1.38. The monoisotopic (exact) mass is 746 g/mol. The van der Waals surface area contributed by atoms with Crippen LogP contribution in [-0.4, -0.2) is 70.3 Å². The van der Waals surface area contributed by atoms with E-state index in [0.29, 0.717) is 30.7 Å². The Hall–Kier alpha value is -4.99. The zero-order chi connectivity index (χ0) is 39.0. The highest BCUT2D eigenvalue weighted by Gasteiger charge is 2.35. The number of amides is 2. The number of hydrogen-bond acceptors (Lipinski definition) is 5. The summed E-state index contributed by atoms with van der Waals surface area (Å²) < 4.78 is 10.7. The van der Waals surface area contributed by atoms with Crippen molar-refractivity contribution in [2.45, 2.75) is 96.7 Å². The van der Waals surface area contributed by atoms with E-state index in [2.05, 4.69) is 89.0 Å². The zero-order valence-corrected chi connectivity index (χ0v) is 32.8. The summed E-state index contributed by atoms with van der Waals surface area (Å²) in [5, 5.41) is 13.0. The van der Waals surface area contributed by atoms with Crippen LogP contribution in [0.3, 0.4) is 0 Å². The molecule has 9 nitrogen and oxygen atoms in total. The van der Waals surface area contributed by atoms with Crippen molar-refractivity contribution in [1.82, 2.24) is 19.4 Å². The lowest BCUT2D eigenvalue weighted by molar-refractivity contribution is -0.137. The molecule has 2 amide bonds. The second kappa shape index (κ2) is 21.2. The fraction of sp³-hybridized carbons (Fsp3) is 0.413. The van der Waals surface area contributed by atoms with E-state index in [0.717, 1.165) is 84.5 Å². The number of carbonyl (C=O) groups is 3. The minimum absolute atomic E-state index is 0.0741. The van der Waals surface area contributed by atoms with Crippen LogP contribution in [0.15, 0.2) is 97.4 Å². The van der Waals surface area contributed by atoms with Gasteiger partial charge < -0.3 is 23.9 Å². The van der Waals surface area contributed by atoms with Crippen LogP contribution < -0.4 is 5.32 Å². The Labute approximate surface area is 326 Å². The number of aryl methyl sites for hydroxylation is 1. The van der Waals surface area contributed by atoms with Gasteiger partial charge in [-0.15, -0.1) is 0 Å². The van der Waals surface area contributed by atoms with Crippen LogP contribution in [0.2, 0.25) is 0 Å². The molecule has 0 saturated carbocycles. The molecule has 292 valence electrons. The van der Waals surface area contributed by atoms with Gasteiger partial charge >= 0.3 is 5.97 Å². The number of hydrogen-bond donors (Lipinski definition) is 2. The van der Waals surface area contributed by atoms with Crippen molar-refractivity contribution in [2.75, 3.05) is 27.2 Å². The van der Waals surface area contributed by atoms with E-state index in [1.54, 1.807) is 0 Å². The van der Waals surface area contributed by atoms with Gasteiger partial charge in [0.15, 0.2) is 0 Å². The largest absolute Gasteiger partial charge is 0.481 e. The predicted molar refractivity (Wildman–Crippen MR) is 224 cm³/mol. The Morgan fingerprint density at radius 2 is 1.31 bits per heavy atom. The number of para-hydroxylation sites is 2. The smallest absolute Gasteiger partial charge is 0.303 e. The molecule has 2 aromatic carbocycles. The summed E-state index contributed by atoms with van der Waals surface area (Å²) in [6.45, 7) is 5.03. The number of likely N-dealkylation sites (N-methyl/N-ethyl adjacent to an activating group) is 1. The molecule has 2 aromatic heterocycles. The lowest BCUT2D eigenvalue weighted by Crippen LogP contribution is -2.30. The van der Waals surface area contributed by atoms with Crippen LogP contribution in [0.1, 0.15) is 88.7 Å². The topological polar surface area (TPSA) is 106 Å². The number of aliphatic carboxylic acids is 1. The molecule has 4 heterocycles. The molecule has 0 unspecified atom stereocenters. The third kappa shape index (κ3) is 11.5. The number of allylic oxidation sites excluding steroid dienone is 6. The quantitative estimate of drug-likeness (QED) is 0.0714. The van der Waals surface area contributed by atoms with Crippen molar-refractivity contribution in [2.24, 2.45) is 0 Å². The molecular weight excluding hydrogens is 689 g/mol. The van der Waals surface area contributed by atoms with Crippen LogP contribution in [0, 0.1) is 0 Å². The van der Waals surface area contributed by atoms with Gasteiger partial charge in [-0.05, 0) is 77.6 Å². The van der Waals surface area contributed by atoms with Crippen molar-refractivity contribution in [3.05, 3.63) is 109 Å². The van der Waals surface area contributed by atoms with Gasteiger partial charge in [0, 0.05) is 71.4 Å². The van der Waals surface area contributed by atoms with Gasteiger partial charge in [0.1, 0.15) is 0 Å². The predicted octanol–water partition coefficient (Wildman–Crippen LogP) is 9.17. The molecule has 6 rings (SSSR count). The number of fused-ring (bicyclic) bond motifs is 12. The number of nitrogens with one attached hydrogen (secondary N) is 1. The van der Waals surface area contributed by atoms with Crippen LogP contribution in [0.5, 0.6) is 0 Å². The van der Waals surface area contributed by atoms with Crippen LogP contribution in [0.4, 0.5) is 0 Å². The molecule has 4 bridgehead atoms. The third-order valence-corrected chi connectivity index (χ3v) is 10.0. The first-order valence-electron chi connectivity index (χ1n) is 20.0. The molecule has 1 atom stereocenters. The SMILES string of the molecule is CCCCC/C=C\C/C=C\C/C=C\CCCCC(=O)O.CN(C)C[C@@H]1CCn2cc(c3ccccc32)C2=C(C(=O)NC2=O)c2cn(c3ccccc23)CCO1. The van der Waals surface area contributed by atoms with Gasteiger partial charge in [0.05, 0.1) is 23.9 Å². The zero-order valence-electron chi connectivity index (χ0n) is 32.8. The van der Waals surface area contributed by atoms with Gasteiger partial charge in [-0.25, -0.2) is 0 Å². The number of carboxylic acids is 1. The Kier molecular flexibility index (Phi) is 15.9. The molecule has 4 aromatic rings. The standard InChI is InChI=1S/C28H28N4O3.C18H30O2/c1-30(2)15-18-11-12-31-16-21(19-7-3-5-9-23(19)31)25-26(28(34)29-27(25)33)22-17-32(13-14-35-18)24-10-6-4-8-20(22)24;1-2-3-4-5-6-7-8-9-10-11-12-13-14-15-16-17-18(19)20/h3-10,16-18H,11-15H2,1-2H3,(H,29,33,34);6-7,9-10,12-13H,2-5,8,11,14-17H2,1H3,(H,19,20)/b;7-6-,10-9-,13-12-/t18-;/m0./s1. The molecule has 2 N–H and O–H groups in total. The van der Waals surface area contributed by atoms with Crippen LogP contribution in [-0.2, 0) is 32.2 Å². The number of rotatable bonds is 15. The van der Waals surface area contributed by atoms with E-state index in [9.17, 15) is 14.4 Å². The minimum atomic E-state index is -0.695. The second-order valence-electron chi connectivity index (χ2n) is 14.6. The molecular formula is C46H58N4O5. The number of nitrogens with zero attached hydrogens (tertiary/aromatic N) is 3. The fourth-order valence-corrected chi connectivity index (χ4v) is 7.29. The Morgan fingerprint density at radius 1 is 0.782 bits per heavy atom. The van der Waals surface area contributed by atoms with Crippen molar-refractivity contribution in [3.63, 3.8) is 0 Å². The summed E-state index contributed by atoms with van der Waals surface area (Å²) in [5.41, 5.74) is 4.52. The fourth-order valence-electron chi connectivity index (χ4n) is 7.29. The molecule has 9 heteroatoms. The van der Waals surface area contributed by atoms with Gasteiger partial charge in [-0.2, -0.15) is 0 Å². The van der Waals surface area contributed by atoms with Crippen LogP contribution in [0.25, 0.3) is 33.0 Å². The maximum absolute atomic E-state index is 13.2. The highest BCUT2D eigenvalue weighted by Crippen LogP contribution is 2.39. The van der Waals surface area contributed by atoms with Crippen molar-refractivity contribution in [1.29, 1.82) is 0 Å². The van der Waals surface area contributed by atoms with Crippen molar-refractivity contribution < 1.29 is 24.2 Å². The summed E-state index contributed by atoms with van der Waals surface area (Å²) in [7, 11) is 4.13. The van der Waals surface area contributed by atoms with Gasteiger partial charge in [-0.3, -0.25) is 19.7 Å². The lowest BCUT2D eigenvalue weighted by Gasteiger charge is -2.22. The molecule has 0 fully saturated rings. The minimum Gasteiger partial charge on any atom is -0.481 e. The molecule has 2 aliphatic heterocycles. The molecule has 2 aliphatic rings. The summed E-state index contributed by atoms with van der Waals surface area (Å²) in [6, 6.07) is 16.1. The van der Waals surface area contributed by atoms with Gasteiger partial charge in [-0.1, -0.05) is 92.6 Å². The molecule has 0 saturated heterocycles. The average molecular weight is 747 g/mol. The third-order valence-electron chi connectivity index (χ3n) is 10.0. The first-order chi connectivity index (χ1) is 26.8. The van der Waals surface area contributed by atoms with E-state index in [1.165, 1.54) is 25.7 Å². The van der Waals surface area contributed by atoms with Crippen molar-refractivity contribution in [3.8, 4) is 0 Å². The summed E-state index contributed by atoms with van der Waals surface area (Å²) >= 11 is 0. The molecule has 0 aliphatic carbocycles. The number of carbonyl (C=O) groups excluding carboxylic acids is 2. The lowest BCUT2D eigenvalue weighted by atomic mass is 9.95.